The quantitative estimate of drug-likeness (QED) is 0.792. The lowest BCUT2D eigenvalue weighted by atomic mass is 9.93. The van der Waals surface area contributed by atoms with Crippen molar-refractivity contribution in [3.63, 3.8) is 0 Å². The first-order valence-corrected chi connectivity index (χ1v) is 7.86. The highest BCUT2D eigenvalue weighted by molar-refractivity contribution is 7.85. The molecule has 98 valence electrons. The molecule has 1 aromatic rings. The third kappa shape index (κ3) is 2.44. The van der Waals surface area contributed by atoms with Crippen molar-refractivity contribution in [1.82, 2.24) is 9.97 Å². The monoisotopic (exact) mass is 287 g/mol. The summed E-state index contributed by atoms with van der Waals surface area (Å²) in [5.41, 5.74) is 0. The van der Waals surface area contributed by atoms with Crippen LogP contribution in [0, 0.1) is 5.92 Å². The van der Waals surface area contributed by atoms with Gasteiger partial charge in [0.15, 0.2) is 11.6 Å². The van der Waals surface area contributed by atoms with Gasteiger partial charge in [0.1, 0.15) is 6.61 Å². The van der Waals surface area contributed by atoms with Gasteiger partial charge in [0.25, 0.3) is 0 Å². The second-order valence-corrected chi connectivity index (χ2v) is 6.63. The van der Waals surface area contributed by atoms with Gasteiger partial charge in [-0.3, -0.25) is 4.21 Å². The summed E-state index contributed by atoms with van der Waals surface area (Å²) < 4.78 is 17.0. The van der Waals surface area contributed by atoms with Gasteiger partial charge < -0.3 is 10.1 Å². The molecule has 0 bridgehead atoms. The van der Waals surface area contributed by atoms with E-state index in [9.17, 15) is 4.21 Å². The molecule has 2 aliphatic heterocycles. The van der Waals surface area contributed by atoms with E-state index in [0.717, 1.165) is 24.3 Å². The zero-order chi connectivity index (χ0) is 12.5. The molecule has 3 heterocycles. The van der Waals surface area contributed by atoms with Crippen LogP contribution in [-0.4, -0.2) is 38.3 Å². The fourth-order valence-corrected chi connectivity index (χ4v) is 3.89. The van der Waals surface area contributed by atoms with Crippen molar-refractivity contribution in [1.29, 1.82) is 0 Å². The lowest BCUT2D eigenvalue weighted by Crippen LogP contribution is -2.41. The van der Waals surface area contributed by atoms with Crippen LogP contribution in [0.2, 0.25) is 5.28 Å². The van der Waals surface area contributed by atoms with E-state index >= 15 is 0 Å². The molecule has 0 spiro atoms. The lowest BCUT2D eigenvalue weighted by molar-refractivity contribution is 0.235. The molecule has 5 nitrogen and oxygen atoms in total. The van der Waals surface area contributed by atoms with Crippen LogP contribution in [0.3, 0.4) is 0 Å². The Morgan fingerprint density at radius 3 is 3.00 bits per heavy atom. The van der Waals surface area contributed by atoms with Gasteiger partial charge in [-0.2, -0.15) is 4.98 Å². The minimum Gasteiger partial charge on any atom is -0.486 e. The van der Waals surface area contributed by atoms with Gasteiger partial charge in [-0.15, -0.1) is 0 Å². The summed E-state index contributed by atoms with van der Waals surface area (Å²) in [6.45, 7) is 0.606. The zero-order valence-corrected chi connectivity index (χ0v) is 11.3. The summed E-state index contributed by atoms with van der Waals surface area (Å²) in [5.74, 6) is 3.39. The largest absolute Gasteiger partial charge is 0.486 e. The van der Waals surface area contributed by atoms with Crippen LogP contribution in [0.25, 0.3) is 0 Å². The van der Waals surface area contributed by atoms with Gasteiger partial charge in [0, 0.05) is 22.3 Å². The Balaban J connectivity index is 1.72. The minimum atomic E-state index is -0.629. The number of hydrogen-bond acceptors (Lipinski definition) is 5. The molecule has 1 atom stereocenters. The molecule has 0 aromatic carbocycles. The first kappa shape index (κ1) is 12.2. The molecule has 0 saturated carbocycles. The third-order valence-electron chi connectivity index (χ3n) is 3.47. The summed E-state index contributed by atoms with van der Waals surface area (Å²) in [7, 11) is -0.629. The Kier molecular flexibility index (Phi) is 3.39. The summed E-state index contributed by atoms with van der Waals surface area (Å²) in [4.78, 5) is 8.02. The number of ether oxygens (including phenoxy) is 1. The summed E-state index contributed by atoms with van der Waals surface area (Å²) in [6.07, 6.45) is 3.54. The molecular formula is C11H14ClN3O2S. The molecule has 0 radical (unpaired) electrons. The average molecular weight is 288 g/mol. The Labute approximate surface area is 113 Å². The van der Waals surface area contributed by atoms with Crippen LogP contribution in [-0.2, 0) is 10.8 Å². The number of halogens is 1. The molecule has 1 unspecified atom stereocenters. The van der Waals surface area contributed by atoms with E-state index in [0.29, 0.717) is 24.1 Å². The fraction of sp³-hybridized carbons (Fsp3) is 0.636. The van der Waals surface area contributed by atoms with Crippen molar-refractivity contribution in [2.45, 2.75) is 18.9 Å². The van der Waals surface area contributed by atoms with Crippen molar-refractivity contribution in [3.8, 4) is 5.75 Å². The Hall–Kier alpha value is -0.880. The van der Waals surface area contributed by atoms with Gasteiger partial charge in [0.05, 0.1) is 12.2 Å². The molecule has 0 amide bonds. The predicted molar refractivity (Wildman–Crippen MR) is 70.5 cm³/mol. The summed E-state index contributed by atoms with van der Waals surface area (Å²) in [5, 5.41) is 3.58. The van der Waals surface area contributed by atoms with Crippen molar-refractivity contribution in [3.05, 3.63) is 11.5 Å². The SMILES string of the molecule is O=S1CCC(C2COc3cnc(Cl)nc3N2)CC1. The maximum Gasteiger partial charge on any atom is 0.224 e. The third-order valence-corrected chi connectivity index (χ3v) is 5.03. The second kappa shape index (κ2) is 5.01. The first-order chi connectivity index (χ1) is 8.72. The number of fused-ring (bicyclic) bond motifs is 1. The highest BCUT2D eigenvalue weighted by Crippen LogP contribution is 2.31. The average Bonchev–Trinajstić information content (AvgIpc) is 2.38. The Morgan fingerprint density at radius 1 is 1.44 bits per heavy atom. The molecule has 0 aliphatic carbocycles. The molecule has 1 aromatic heterocycles. The molecule has 7 heteroatoms. The first-order valence-electron chi connectivity index (χ1n) is 5.99. The van der Waals surface area contributed by atoms with Crippen LogP contribution in [0.15, 0.2) is 6.20 Å². The molecule has 3 rings (SSSR count). The van der Waals surface area contributed by atoms with E-state index in [1.54, 1.807) is 6.20 Å². The number of rotatable bonds is 1. The van der Waals surface area contributed by atoms with Crippen LogP contribution < -0.4 is 10.1 Å². The van der Waals surface area contributed by atoms with E-state index in [-0.39, 0.29) is 11.3 Å². The van der Waals surface area contributed by atoms with Crippen LogP contribution in [0.1, 0.15) is 12.8 Å². The number of nitrogens with one attached hydrogen (secondary N) is 1. The summed E-state index contributed by atoms with van der Waals surface area (Å²) in [6, 6.07) is 0.223. The van der Waals surface area contributed by atoms with Crippen LogP contribution in [0.5, 0.6) is 5.75 Å². The number of anilines is 1. The Morgan fingerprint density at radius 2 is 2.22 bits per heavy atom. The topological polar surface area (TPSA) is 64.1 Å². The maximum atomic E-state index is 11.4. The number of hydrogen-bond donors (Lipinski definition) is 1. The molecule has 1 N–H and O–H groups in total. The molecular weight excluding hydrogens is 274 g/mol. The predicted octanol–water partition coefficient (Wildman–Crippen LogP) is 1.46. The zero-order valence-electron chi connectivity index (χ0n) is 9.76. The summed E-state index contributed by atoms with van der Waals surface area (Å²) >= 11 is 5.77. The second-order valence-electron chi connectivity index (χ2n) is 4.60. The van der Waals surface area contributed by atoms with Crippen LogP contribution in [0.4, 0.5) is 5.82 Å². The smallest absolute Gasteiger partial charge is 0.224 e. The van der Waals surface area contributed by atoms with E-state index < -0.39 is 10.8 Å². The normalized spacial score (nSPS) is 31.1. The van der Waals surface area contributed by atoms with Gasteiger partial charge in [-0.1, -0.05) is 0 Å². The molecule has 1 saturated heterocycles. The molecule has 1 fully saturated rings. The number of aromatic nitrogens is 2. The molecule has 2 aliphatic rings. The van der Waals surface area contributed by atoms with E-state index in [4.69, 9.17) is 16.3 Å². The van der Waals surface area contributed by atoms with E-state index in [2.05, 4.69) is 15.3 Å². The van der Waals surface area contributed by atoms with Gasteiger partial charge in [-0.05, 0) is 30.4 Å². The lowest BCUT2D eigenvalue weighted by Gasteiger charge is -2.34. The number of nitrogens with zero attached hydrogens (tertiary/aromatic N) is 2. The van der Waals surface area contributed by atoms with E-state index in [1.165, 1.54) is 0 Å². The van der Waals surface area contributed by atoms with Crippen molar-refractivity contribution >= 4 is 28.2 Å². The minimum absolute atomic E-state index is 0.218. The van der Waals surface area contributed by atoms with Crippen molar-refractivity contribution in [2.24, 2.45) is 5.92 Å². The van der Waals surface area contributed by atoms with Crippen LogP contribution >= 0.6 is 11.6 Å². The highest BCUT2D eigenvalue weighted by Gasteiger charge is 2.30. The van der Waals surface area contributed by atoms with Crippen molar-refractivity contribution in [2.75, 3.05) is 23.4 Å². The molecule has 18 heavy (non-hydrogen) atoms. The Bertz CT molecular complexity index is 475. The van der Waals surface area contributed by atoms with Gasteiger partial charge in [-0.25, -0.2) is 4.98 Å². The van der Waals surface area contributed by atoms with E-state index in [1.807, 2.05) is 0 Å². The van der Waals surface area contributed by atoms with Gasteiger partial charge >= 0.3 is 0 Å². The highest BCUT2D eigenvalue weighted by atomic mass is 35.5. The van der Waals surface area contributed by atoms with Crippen molar-refractivity contribution < 1.29 is 8.95 Å². The standard InChI is InChI=1S/C11H14ClN3O2S/c12-11-13-5-9-10(15-11)14-8(6-17-9)7-1-3-18(16)4-2-7/h5,7-8H,1-4,6H2,(H,13,14,15). The fourth-order valence-electron chi connectivity index (χ4n) is 2.42. The van der Waals surface area contributed by atoms with Gasteiger partial charge in [0.2, 0.25) is 5.28 Å². The maximum absolute atomic E-state index is 11.4.